The molecule has 0 unspecified atom stereocenters. The summed E-state index contributed by atoms with van der Waals surface area (Å²) in [5, 5.41) is 12.9. The minimum absolute atomic E-state index is 0.0316. The average Bonchev–Trinajstić information content (AvgIpc) is 2.84. The van der Waals surface area contributed by atoms with Crippen LogP contribution in [0.1, 0.15) is 34.7 Å². The SMILES string of the molecule is Cc1occc1C(=O)N[C@H](C)[C@H](O)c1c(F)cccc1Cl. The average molecular weight is 312 g/mol. The molecule has 0 aliphatic heterocycles. The minimum atomic E-state index is -1.25. The number of nitrogens with one attached hydrogen (secondary N) is 1. The van der Waals surface area contributed by atoms with Gasteiger partial charge in [-0.15, -0.1) is 0 Å². The lowest BCUT2D eigenvalue weighted by molar-refractivity contribution is 0.0844. The highest BCUT2D eigenvalue weighted by atomic mass is 35.5. The Balaban J connectivity index is 2.15. The van der Waals surface area contributed by atoms with Gasteiger partial charge in [-0.25, -0.2) is 4.39 Å². The van der Waals surface area contributed by atoms with Crippen molar-refractivity contribution in [2.45, 2.75) is 26.0 Å². The number of halogens is 2. The second-order valence-corrected chi connectivity index (χ2v) is 5.14. The van der Waals surface area contributed by atoms with E-state index in [1.165, 1.54) is 30.5 Å². The molecular weight excluding hydrogens is 297 g/mol. The highest BCUT2D eigenvalue weighted by Crippen LogP contribution is 2.28. The largest absolute Gasteiger partial charge is 0.469 e. The normalized spacial score (nSPS) is 13.8. The summed E-state index contributed by atoms with van der Waals surface area (Å²) in [5.41, 5.74) is 0.338. The number of furan rings is 1. The molecule has 2 atom stereocenters. The van der Waals surface area contributed by atoms with Gasteiger partial charge in [-0.2, -0.15) is 0 Å². The number of aryl methyl sites for hydroxylation is 1. The molecule has 2 N–H and O–H groups in total. The van der Waals surface area contributed by atoms with E-state index in [9.17, 15) is 14.3 Å². The van der Waals surface area contributed by atoms with Crippen molar-refractivity contribution in [3.63, 3.8) is 0 Å². The summed E-state index contributed by atoms with van der Waals surface area (Å²) in [6.45, 7) is 3.23. The van der Waals surface area contributed by atoms with E-state index in [1.807, 2.05) is 0 Å². The van der Waals surface area contributed by atoms with Gasteiger partial charge in [0.2, 0.25) is 0 Å². The summed E-state index contributed by atoms with van der Waals surface area (Å²) >= 11 is 5.90. The maximum atomic E-state index is 13.8. The molecule has 0 radical (unpaired) electrons. The van der Waals surface area contributed by atoms with Crippen LogP contribution < -0.4 is 5.32 Å². The third-order valence-electron chi connectivity index (χ3n) is 3.23. The number of rotatable bonds is 4. The number of aliphatic hydroxyl groups excluding tert-OH is 1. The maximum absolute atomic E-state index is 13.8. The number of aliphatic hydroxyl groups is 1. The molecule has 1 aromatic heterocycles. The highest BCUT2D eigenvalue weighted by molar-refractivity contribution is 6.31. The van der Waals surface area contributed by atoms with E-state index in [-0.39, 0.29) is 10.6 Å². The molecule has 6 heteroatoms. The number of hydrogen-bond acceptors (Lipinski definition) is 3. The number of carbonyl (C=O) groups excluding carboxylic acids is 1. The second kappa shape index (κ2) is 6.28. The fourth-order valence-corrected chi connectivity index (χ4v) is 2.30. The first kappa shape index (κ1) is 15.5. The maximum Gasteiger partial charge on any atom is 0.255 e. The minimum Gasteiger partial charge on any atom is -0.469 e. The monoisotopic (exact) mass is 311 g/mol. The van der Waals surface area contributed by atoms with E-state index >= 15 is 0 Å². The summed E-state index contributed by atoms with van der Waals surface area (Å²) in [6.07, 6.45) is 0.147. The van der Waals surface area contributed by atoms with Gasteiger partial charge in [0.25, 0.3) is 5.91 Å². The Morgan fingerprint density at radius 2 is 2.14 bits per heavy atom. The molecule has 0 bridgehead atoms. The van der Waals surface area contributed by atoms with Crippen LogP contribution in [0.4, 0.5) is 4.39 Å². The molecule has 0 spiro atoms. The Hall–Kier alpha value is -1.85. The van der Waals surface area contributed by atoms with Gasteiger partial charge in [0.05, 0.1) is 17.9 Å². The van der Waals surface area contributed by atoms with Gasteiger partial charge in [-0.05, 0) is 32.0 Å². The number of carbonyl (C=O) groups is 1. The third kappa shape index (κ3) is 3.25. The topological polar surface area (TPSA) is 62.5 Å². The summed E-state index contributed by atoms with van der Waals surface area (Å²) < 4.78 is 18.8. The van der Waals surface area contributed by atoms with Crippen LogP contribution in [-0.2, 0) is 0 Å². The number of hydrogen-bond donors (Lipinski definition) is 2. The van der Waals surface area contributed by atoms with Crippen molar-refractivity contribution >= 4 is 17.5 Å². The van der Waals surface area contributed by atoms with E-state index in [4.69, 9.17) is 16.0 Å². The molecule has 112 valence electrons. The summed E-state index contributed by atoms with van der Waals surface area (Å²) in [7, 11) is 0. The molecule has 0 aliphatic rings. The zero-order valence-electron chi connectivity index (χ0n) is 11.6. The van der Waals surface area contributed by atoms with Crippen LogP contribution in [0, 0.1) is 12.7 Å². The van der Waals surface area contributed by atoms with Gasteiger partial charge < -0.3 is 14.8 Å². The van der Waals surface area contributed by atoms with Crippen LogP contribution in [0.3, 0.4) is 0 Å². The lowest BCUT2D eigenvalue weighted by atomic mass is 10.0. The molecule has 4 nitrogen and oxygen atoms in total. The van der Waals surface area contributed by atoms with E-state index in [0.29, 0.717) is 11.3 Å². The second-order valence-electron chi connectivity index (χ2n) is 4.73. The fraction of sp³-hybridized carbons (Fsp3) is 0.267. The van der Waals surface area contributed by atoms with Crippen molar-refractivity contribution in [2.24, 2.45) is 0 Å². The van der Waals surface area contributed by atoms with E-state index in [0.717, 1.165) is 0 Å². The first-order valence-corrected chi connectivity index (χ1v) is 6.76. The first-order chi connectivity index (χ1) is 9.91. The molecule has 0 saturated heterocycles. The van der Waals surface area contributed by atoms with E-state index in [1.54, 1.807) is 13.8 Å². The van der Waals surface area contributed by atoms with E-state index in [2.05, 4.69) is 5.32 Å². The van der Waals surface area contributed by atoms with Crippen LogP contribution in [0.25, 0.3) is 0 Å². The van der Waals surface area contributed by atoms with Gasteiger partial charge in [-0.1, -0.05) is 17.7 Å². The van der Waals surface area contributed by atoms with Gasteiger partial charge in [0.1, 0.15) is 17.7 Å². The Morgan fingerprint density at radius 3 is 2.71 bits per heavy atom. The molecule has 1 aromatic carbocycles. The smallest absolute Gasteiger partial charge is 0.255 e. The van der Waals surface area contributed by atoms with Crippen molar-refractivity contribution in [2.75, 3.05) is 0 Å². The zero-order valence-corrected chi connectivity index (χ0v) is 12.3. The molecule has 21 heavy (non-hydrogen) atoms. The van der Waals surface area contributed by atoms with Crippen LogP contribution in [0.15, 0.2) is 34.9 Å². The van der Waals surface area contributed by atoms with Gasteiger partial charge in [-0.3, -0.25) is 4.79 Å². The quantitative estimate of drug-likeness (QED) is 0.911. The van der Waals surface area contributed by atoms with Gasteiger partial charge in [0.15, 0.2) is 0 Å². The molecule has 1 heterocycles. The molecule has 0 fully saturated rings. The number of amides is 1. The Bertz CT molecular complexity index is 636. The predicted octanol–water partition coefficient (Wildman–Crippen LogP) is 3.23. The molecular formula is C15H15ClFNO3. The Kier molecular flexibility index (Phi) is 4.65. The molecule has 1 amide bonds. The van der Waals surface area contributed by atoms with Crippen molar-refractivity contribution in [1.82, 2.24) is 5.32 Å². The van der Waals surface area contributed by atoms with Gasteiger partial charge in [0, 0.05) is 10.6 Å². The Labute approximate surface area is 126 Å². The number of benzene rings is 1. The van der Waals surface area contributed by atoms with Crippen LogP contribution >= 0.6 is 11.6 Å². The first-order valence-electron chi connectivity index (χ1n) is 6.38. The lowest BCUT2D eigenvalue weighted by Gasteiger charge is -2.21. The predicted molar refractivity (Wildman–Crippen MR) is 76.7 cm³/mol. The van der Waals surface area contributed by atoms with Crippen molar-refractivity contribution in [3.05, 3.63) is 58.3 Å². The molecule has 0 aliphatic carbocycles. The van der Waals surface area contributed by atoms with Crippen LogP contribution in [0.2, 0.25) is 5.02 Å². The van der Waals surface area contributed by atoms with Crippen molar-refractivity contribution < 1.29 is 18.7 Å². The lowest BCUT2D eigenvalue weighted by Crippen LogP contribution is -2.37. The molecule has 2 rings (SSSR count). The Morgan fingerprint density at radius 1 is 1.43 bits per heavy atom. The summed E-state index contributed by atoms with van der Waals surface area (Å²) in [6, 6.07) is 4.95. The van der Waals surface area contributed by atoms with Crippen molar-refractivity contribution in [3.8, 4) is 0 Å². The summed E-state index contributed by atoms with van der Waals surface area (Å²) in [4.78, 5) is 12.0. The van der Waals surface area contributed by atoms with Crippen LogP contribution in [-0.4, -0.2) is 17.1 Å². The fourth-order valence-electron chi connectivity index (χ4n) is 2.03. The standard InChI is InChI=1S/C15H15ClFNO3/c1-8(18-15(20)10-6-7-21-9(10)2)14(19)13-11(16)4-3-5-12(13)17/h3-8,14,19H,1-2H3,(H,18,20)/t8-,14+/m1/s1. The van der Waals surface area contributed by atoms with E-state index < -0.39 is 23.9 Å². The molecule has 2 aromatic rings. The highest BCUT2D eigenvalue weighted by Gasteiger charge is 2.25. The summed E-state index contributed by atoms with van der Waals surface area (Å²) in [5.74, 6) is -0.547. The zero-order chi connectivity index (χ0) is 15.6. The molecule has 0 saturated carbocycles. The van der Waals surface area contributed by atoms with Crippen LogP contribution in [0.5, 0.6) is 0 Å². The van der Waals surface area contributed by atoms with Gasteiger partial charge >= 0.3 is 0 Å². The van der Waals surface area contributed by atoms with Crippen molar-refractivity contribution in [1.29, 1.82) is 0 Å². The third-order valence-corrected chi connectivity index (χ3v) is 3.56.